The van der Waals surface area contributed by atoms with Crippen LogP contribution in [-0.4, -0.2) is 29.5 Å². The monoisotopic (exact) mass is 310 g/mol. The van der Waals surface area contributed by atoms with Crippen molar-refractivity contribution >= 4 is 33.2 Å². The van der Waals surface area contributed by atoms with Crippen LogP contribution in [0.5, 0.6) is 0 Å². The lowest BCUT2D eigenvalue weighted by Gasteiger charge is -2.20. The van der Waals surface area contributed by atoms with Crippen LogP contribution in [-0.2, 0) is 13.1 Å². The van der Waals surface area contributed by atoms with Crippen LogP contribution in [0, 0.1) is 5.82 Å². The highest BCUT2D eigenvalue weighted by molar-refractivity contribution is 7.99. The van der Waals surface area contributed by atoms with Gasteiger partial charge in [0.15, 0.2) is 0 Å². The molecule has 1 fully saturated rings. The molecule has 2 nitrogen and oxygen atoms in total. The normalized spacial score (nSPS) is 17.5. The molecule has 108 valence electrons. The summed E-state index contributed by atoms with van der Waals surface area (Å²) in [5, 5.41) is 0.787. The number of hydrogen-bond acceptors (Lipinski definition) is 4. The molecule has 0 atom stereocenters. The van der Waals surface area contributed by atoms with Crippen molar-refractivity contribution in [3.63, 3.8) is 0 Å². The molecule has 1 aromatic heterocycles. The number of rotatable bonds is 3. The van der Waals surface area contributed by atoms with Gasteiger partial charge in [-0.3, -0.25) is 4.90 Å². The standard InChI is InChI=1S/C15H19FN2S2/c16-12-3-1-4-13-15(12)11(14(9-17)20-13)10-18-5-2-7-19-8-6-18/h1,3-4H,2,5-10,17H2. The lowest BCUT2D eigenvalue weighted by atomic mass is 10.1. The number of thiophene rings is 1. The average Bonchev–Trinajstić information content (AvgIpc) is 2.62. The molecule has 20 heavy (non-hydrogen) atoms. The average molecular weight is 310 g/mol. The predicted octanol–water partition coefficient (Wildman–Crippen LogP) is 3.44. The number of hydrogen-bond donors (Lipinski definition) is 1. The Balaban J connectivity index is 1.96. The fraction of sp³-hybridized carbons (Fsp3) is 0.467. The summed E-state index contributed by atoms with van der Waals surface area (Å²) < 4.78 is 15.2. The Morgan fingerprint density at radius 2 is 2.15 bits per heavy atom. The van der Waals surface area contributed by atoms with E-state index in [0.29, 0.717) is 6.54 Å². The minimum atomic E-state index is -0.113. The van der Waals surface area contributed by atoms with Gasteiger partial charge in [0.1, 0.15) is 5.82 Å². The molecular formula is C15H19FN2S2. The van der Waals surface area contributed by atoms with E-state index in [9.17, 15) is 4.39 Å². The third kappa shape index (κ3) is 2.86. The van der Waals surface area contributed by atoms with Crippen molar-refractivity contribution in [2.24, 2.45) is 5.73 Å². The Morgan fingerprint density at radius 1 is 1.25 bits per heavy atom. The summed E-state index contributed by atoms with van der Waals surface area (Å²) in [4.78, 5) is 3.56. The molecule has 1 aromatic carbocycles. The Morgan fingerprint density at radius 3 is 3.00 bits per heavy atom. The zero-order valence-electron chi connectivity index (χ0n) is 11.4. The molecule has 1 saturated heterocycles. The molecular weight excluding hydrogens is 291 g/mol. The van der Waals surface area contributed by atoms with E-state index in [1.54, 1.807) is 23.5 Å². The van der Waals surface area contributed by atoms with Crippen molar-refractivity contribution in [2.75, 3.05) is 24.6 Å². The molecule has 2 aromatic rings. The van der Waals surface area contributed by atoms with E-state index in [0.717, 1.165) is 40.2 Å². The molecule has 1 aliphatic rings. The lowest BCUT2D eigenvalue weighted by molar-refractivity contribution is 0.288. The maximum atomic E-state index is 14.2. The maximum absolute atomic E-state index is 14.2. The summed E-state index contributed by atoms with van der Waals surface area (Å²) in [6.45, 7) is 3.51. The van der Waals surface area contributed by atoms with Gasteiger partial charge >= 0.3 is 0 Å². The summed E-state index contributed by atoms with van der Waals surface area (Å²) in [6.07, 6.45) is 1.22. The van der Waals surface area contributed by atoms with Crippen LogP contribution in [0.1, 0.15) is 16.9 Å². The topological polar surface area (TPSA) is 29.3 Å². The summed E-state index contributed by atoms with van der Waals surface area (Å²) >= 11 is 3.65. The molecule has 0 radical (unpaired) electrons. The highest BCUT2D eigenvalue weighted by Crippen LogP contribution is 2.34. The zero-order chi connectivity index (χ0) is 13.9. The van der Waals surface area contributed by atoms with Gasteiger partial charge in [-0.1, -0.05) is 6.07 Å². The van der Waals surface area contributed by atoms with Gasteiger partial charge in [-0.2, -0.15) is 11.8 Å². The first-order chi connectivity index (χ1) is 9.79. The van der Waals surface area contributed by atoms with Crippen molar-refractivity contribution in [3.8, 4) is 0 Å². The van der Waals surface area contributed by atoms with Crippen LogP contribution >= 0.6 is 23.1 Å². The lowest BCUT2D eigenvalue weighted by Crippen LogP contribution is -2.26. The minimum Gasteiger partial charge on any atom is -0.326 e. The van der Waals surface area contributed by atoms with Gasteiger partial charge in [0.2, 0.25) is 0 Å². The Kier molecular flexibility index (Phi) is 4.61. The van der Waals surface area contributed by atoms with E-state index >= 15 is 0 Å². The van der Waals surface area contributed by atoms with Crippen LogP contribution in [0.2, 0.25) is 0 Å². The van der Waals surface area contributed by atoms with E-state index in [-0.39, 0.29) is 5.82 Å². The molecule has 0 bridgehead atoms. The van der Waals surface area contributed by atoms with Gasteiger partial charge in [0, 0.05) is 40.4 Å². The van der Waals surface area contributed by atoms with Gasteiger partial charge in [0.05, 0.1) is 0 Å². The second kappa shape index (κ2) is 6.43. The van der Waals surface area contributed by atoms with E-state index in [2.05, 4.69) is 4.90 Å². The molecule has 1 aliphatic heterocycles. The maximum Gasteiger partial charge on any atom is 0.132 e. The first-order valence-corrected chi connectivity index (χ1v) is 8.95. The van der Waals surface area contributed by atoms with E-state index in [4.69, 9.17) is 5.73 Å². The third-order valence-electron chi connectivity index (χ3n) is 3.73. The predicted molar refractivity (Wildman–Crippen MR) is 86.9 cm³/mol. The zero-order valence-corrected chi connectivity index (χ0v) is 13.0. The largest absolute Gasteiger partial charge is 0.326 e. The first-order valence-electron chi connectivity index (χ1n) is 6.98. The minimum absolute atomic E-state index is 0.113. The molecule has 0 amide bonds. The van der Waals surface area contributed by atoms with Crippen molar-refractivity contribution < 1.29 is 4.39 Å². The number of thioether (sulfide) groups is 1. The van der Waals surface area contributed by atoms with Gasteiger partial charge < -0.3 is 5.73 Å². The van der Waals surface area contributed by atoms with Crippen LogP contribution < -0.4 is 5.73 Å². The summed E-state index contributed by atoms with van der Waals surface area (Å²) in [7, 11) is 0. The second-order valence-electron chi connectivity index (χ2n) is 5.06. The number of fused-ring (bicyclic) bond motifs is 1. The highest BCUT2D eigenvalue weighted by Gasteiger charge is 2.18. The van der Waals surface area contributed by atoms with E-state index in [1.807, 2.05) is 17.8 Å². The molecule has 2 heterocycles. The Hall–Kier alpha value is -0.620. The first kappa shape index (κ1) is 14.3. The fourth-order valence-corrected chi connectivity index (χ4v) is 4.76. The number of nitrogens with two attached hydrogens (primary N) is 1. The smallest absolute Gasteiger partial charge is 0.132 e. The van der Waals surface area contributed by atoms with Crippen molar-refractivity contribution in [3.05, 3.63) is 34.5 Å². The van der Waals surface area contributed by atoms with E-state index in [1.165, 1.54) is 17.9 Å². The molecule has 0 unspecified atom stereocenters. The quantitative estimate of drug-likeness (QED) is 0.941. The van der Waals surface area contributed by atoms with Crippen LogP contribution in [0.25, 0.3) is 10.1 Å². The van der Waals surface area contributed by atoms with Crippen molar-refractivity contribution in [1.82, 2.24) is 4.90 Å². The van der Waals surface area contributed by atoms with Crippen molar-refractivity contribution in [1.29, 1.82) is 0 Å². The molecule has 3 rings (SSSR count). The van der Waals surface area contributed by atoms with Gasteiger partial charge in [-0.25, -0.2) is 4.39 Å². The van der Waals surface area contributed by atoms with Crippen molar-refractivity contribution in [2.45, 2.75) is 19.5 Å². The Labute approximate surface area is 127 Å². The molecule has 2 N–H and O–H groups in total. The van der Waals surface area contributed by atoms with Gasteiger partial charge in [-0.15, -0.1) is 11.3 Å². The third-order valence-corrected chi connectivity index (χ3v) is 6.00. The molecule has 0 saturated carbocycles. The Bertz CT molecular complexity index is 589. The summed E-state index contributed by atoms with van der Waals surface area (Å²) in [6, 6.07) is 5.32. The SMILES string of the molecule is NCc1sc2cccc(F)c2c1CN1CCCSCC1. The van der Waals surface area contributed by atoms with Crippen LogP contribution in [0.3, 0.4) is 0 Å². The van der Waals surface area contributed by atoms with E-state index < -0.39 is 0 Å². The fourth-order valence-electron chi connectivity index (χ4n) is 2.73. The van der Waals surface area contributed by atoms with Gasteiger partial charge in [-0.05, 0) is 36.4 Å². The number of halogens is 1. The second-order valence-corrected chi connectivity index (χ2v) is 7.42. The number of nitrogens with zero attached hydrogens (tertiary/aromatic N) is 1. The van der Waals surface area contributed by atoms with Crippen LogP contribution in [0.15, 0.2) is 18.2 Å². The molecule has 5 heteroatoms. The number of benzene rings is 1. The molecule has 0 aliphatic carbocycles. The van der Waals surface area contributed by atoms with Gasteiger partial charge in [0.25, 0.3) is 0 Å². The van der Waals surface area contributed by atoms with Crippen LogP contribution in [0.4, 0.5) is 4.39 Å². The highest BCUT2D eigenvalue weighted by atomic mass is 32.2. The summed E-state index contributed by atoms with van der Waals surface area (Å²) in [5.41, 5.74) is 6.97. The summed E-state index contributed by atoms with van der Waals surface area (Å²) in [5.74, 6) is 2.29. The molecule has 0 spiro atoms.